The Kier molecular flexibility index (Phi) is 9.04. The minimum Gasteiger partial charge on any atom is -0.445 e. The third kappa shape index (κ3) is 7.94. The average molecular weight is 494 g/mol. The van der Waals surface area contributed by atoms with Crippen LogP contribution < -0.4 is 0 Å². The van der Waals surface area contributed by atoms with Crippen molar-refractivity contribution in [3.8, 4) is 0 Å². The molecule has 0 spiro atoms. The van der Waals surface area contributed by atoms with Crippen molar-refractivity contribution in [3.63, 3.8) is 0 Å². The molecule has 1 saturated heterocycles. The van der Waals surface area contributed by atoms with Crippen LogP contribution in [0.2, 0.25) is 36.3 Å². The topological polar surface area (TPSA) is 48.0 Å². The van der Waals surface area contributed by atoms with Gasteiger partial charge in [-0.2, -0.15) is 0 Å². The summed E-state index contributed by atoms with van der Waals surface area (Å²) >= 11 is 0. The van der Waals surface area contributed by atoms with Crippen molar-refractivity contribution in [2.45, 2.75) is 96.9 Å². The fourth-order valence-electron chi connectivity index (χ4n) is 3.45. The van der Waals surface area contributed by atoms with Crippen molar-refractivity contribution < 1.29 is 18.4 Å². The van der Waals surface area contributed by atoms with Crippen LogP contribution in [0, 0.1) is 5.92 Å². The first-order valence-corrected chi connectivity index (χ1v) is 18.1. The molecule has 1 aromatic carbocycles. The first-order valence-electron chi connectivity index (χ1n) is 12.3. The maximum absolute atomic E-state index is 13.0. The minimum absolute atomic E-state index is 0.0110. The number of nitrogens with zero attached hydrogens (tertiary/aromatic N) is 1. The Morgan fingerprint density at radius 3 is 2.06 bits per heavy atom. The van der Waals surface area contributed by atoms with E-state index in [-0.39, 0.29) is 34.8 Å². The van der Waals surface area contributed by atoms with E-state index in [1.165, 1.54) is 0 Å². The zero-order chi connectivity index (χ0) is 25.1. The summed E-state index contributed by atoms with van der Waals surface area (Å²) in [5, 5.41) is 0.281. The number of likely N-dealkylation sites (tertiary alicyclic amines) is 1. The quantitative estimate of drug-likeness (QED) is 0.382. The van der Waals surface area contributed by atoms with Gasteiger partial charge in [-0.1, -0.05) is 71.9 Å². The predicted octanol–water partition coefficient (Wildman–Crippen LogP) is 7.06. The lowest BCUT2D eigenvalue weighted by atomic mass is 9.97. The molecule has 0 bridgehead atoms. The van der Waals surface area contributed by atoms with Gasteiger partial charge in [-0.15, -0.1) is 0 Å². The summed E-state index contributed by atoms with van der Waals surface area (Å²) in [6, 6.07) is 9.83. The molecule has 0 N–H and O–H groups in total. The minimum atomic E-state index is -1.96. The molecular formula is C26H47NO4Si2. The first-order chi connectivity index (χ1) is 15.0. The Bertz CT molecular complexity index is 769. The molecule has 1 fully saturated rings. The fraction of sp³-hybridized carbons (Fsp3) is 0.731. The van der Waals surface area contributed by atoms with Crippen LogP contribution in [0.5, 0.6) is 0 Å². The monoisotopic (exact) mass is 493 g/mol. The third-order valence-electron chi connectivity index (χ3n) is 7.72. The number of amides is 1. The second kappa shape index (κ2) is 10.6. The highest BCUT2D eigenvalue weighted by Crippen LogP contribution is 2.40. The molecule has 2 rings (SSSR count). The number of rotatable bonds is 7. The van der Waals surface area contributed by atoms with Crippen molar-refractivity contribution in [2.75, 3.05) is 19.7 Å². The zero-order valence-corrected chi connectivity index (χ0v) is 24.7. The molecule has 1 aromatic rings. The van der Waals surface area contributed by atoms with E-state index in [9.17, 15) is 4.79 Å². The van der Waals surface area contributed by atoms with E-state index in [0.29, 0.717) is 19.7 Å². The number of hydrogen-bond donors (Lipinski definition) is 0. The normalized spacial score (nSPS) is 20.6. The molecule has 5 nitrogen and oxygen atoms in total. The average Bonchev–Trinajstić information content (AvgIpc) is 2.69. The molecule has 1 amide bonds. The molecule has 188 valence electrons. The van der Waals surface area contributed by atoms with E-state index >= 15 is 0 Å². The van der Waals surface area contributed by atoms with Crippen LogP contribution in [0.15, 0.2) is 30.3 Å². The number of benzene rings is 1. The molecule has 0 radical (unpaired) electrons. The van der Waals surface area contributed by atoms with Gasteiger partial charge in [-0.25, -0.2) is 4.79 Å². The van der Waals surface area contributed by atoms with E-state index < -0.39 is 16.6 Å². The molecular weight excluding hydrogens is 446 g/mol. The maximum atomic E-state index is 13.0. The van der Waals surface area contributed by atoms with Gasteiger partial charge >= 0.3 is 6.09 Å². The summed E-state index contributed by atoms with van der Waals surface area (Å²) in [6.07, 6.45) is 0.667. The molecule has 0 unspecified atom stereocenters. The van der Waals surface area contributed by atoms with Gasteiger partial charge in [0, 0.05) is 25.6 Å². The van der Waals surface area contributed by atoms with E-state index in [1.54, 1.807) is 0 Å². The van der Waals surface area contributed by atoms with E-state index in [4.69, 9.17) is 13.6 Å². The SMILES string of the molecule is CC(C)(C)[Si](C)(C)OC[C@H]1C[C@H](O[Si](C)(C)C(C)(C)C)CN(C(=O)OCc2ccccc2)C1. The Morgan fingerprint density at radius 1 is 0.939 bits per heavy atom. The fourth-order valence-corrected chi connectivity index (χ4v) is 5.90. The standard InChI is InChI=1S/C26H47NO4Si2/c1-25(2,3)32(7,8)30-20-22-16-23(31-33(9,10)26(4,5)6)18-27(17-22)24(28)29-19-21-14-12-11-13-15-21/h11-15,22-23H,16-20H2,1-10H3/t22-,23-/m0/s1. The van der Waals surface area contributed by atoms with Crippen LogP contribution in [0.4, 0.5) is 4.79 Å². The summed E-state index contributed by atoms with van der Waals surface area (Å²) in [5.74, 6) is 0.243. The van der Waals surface area contributed by atoms with E-state index in [2.05, 4.69) is 67.7 Å². The highest BCUT2D eigenvalue weighted by atomic mass is 28.4. The van der Waals surface area contributed by atoms with Gasteiger partial charge in [0.2, 0.25) is 0 Å². The van der Waals surface area contributed by atoms with Gasteiger partial charge in [0.05, 0.1) is 6.10 Å². The Balaban J connectivity index is 2.11. The lowest BCUT2D eigenvalue weighted by Crippen LogP contribution is -2.53. The highest BCUT2D eigenvalue weighted by molar-refractivity contribution is 6.74. The van der Waals surface area contributed by atoms with E-state index in [1.807, 2.05) is 35.2 Å². The number of carbonyl (C=O) groups excluding carboxylic acids is 1. The van der Waals surface area contributed by atoms with Crippen LogP contribution in [0.3, 0.4) is 0 Å². The lowest BCUT2D eigenvalue weighted by Gasteiger charge is -2.45. The van der Waals surface area contributed by atoms with Crippen molar-refractivity contribution in [1.82, 2.24) is 4.90 Å². The number of piperidine rings is 1. The number of ether oxygens (including phenoxy) is 1. The molecule has 0 aliphatic carbocycles. The Morgan fingerprint density at radius 2 is 1.52 bits per heavy atom. The van der Waals surface area contributed by atoms with Gasteiger partial charge in [-0.05, 0) is 48.2 Å². The molecule has 1 aliphatic rings. The van der Waals surface area contributed by atoms with Crippen molar-refractivity contribution in [2.24, 2.45) is 5.92 Å². The summed E-state index contributed by atoms with van der Waals surface area (Å²) < 4.78 is 19.0. The van der Waals surface area contributed by atoms with Gasteiger partial charge in [-0.3, -0.25) is 0 Å². The maximum Gasteiger partial charge on any atom is 0.410 e. The molecule has 0 saturated carbocycles. The van der Waals surface area contributed by atoms with Crippen LogP contribution >= 0.6 is 0 Å². The molecule has 0 aromatic heterocycles. The molecule has 1 heterocycles. The van der Waals surface area contributed by atoms with Crippen molar-refractivity contribution in [3.05, 3.63) is 35.9 Å². The zero-order valence-electron chi connectivity index (χ0n) is 22.7. The van der Waals surface area contributed by atoms with Crippen molar-refractivity contribution >= 4 is 22.7 Å². The van der Waals surface area contributed by atoms with Crippen LogP contribution in [0.25, 0.3) is 0 Å². The van der Waals surface area contributed by atoms with Gasteiger partial charge in [0.1, 0.15) is 6.61 Å². The van der Waals surface area contributed by atoms with Gasteiger partial charge < -0.3 is 18.5 Å². The summed E-state index contributed by atoms with van der Waals surface area (Å²) in [6.45, 7) is 24.9. The summed E-state index contributed by atoms with van der Waals surface area (Å²) in [5.41, 5.74) is 0.995. The smallest absolute Gasteiger partial charge is 0.410 e. The summed E-state index contributed by atoms with van der Waals surface area (Å²) in [7, 11) is -3.82. The molecule has 33 heavy (non-hydrogen) atoms. The first kappa shape index (κ1) is 28.1. The third-order valence-corrected chi connectivity index (χ3v) is 16.8. The molecule has 1 aliphatic heterocycles. The molecule has 7 heteroatoms. The number of hydrogen-bond acceptors (Lipinski definition) is 4. The number of carbonyl (C=O) groups is 1. The highest BCUT2D eigenvalue weighted by Gasteiger charge is 2.43. The Hall–Kier alpha value is -1.16. The summed E-state index contributed by atoms with van der Waals surface area (Å²) in [4.78, 5) is 14.9. The predicted molar refractivity (Wildman–Crippen MR) is 142 cm³/mol. The van der Waals surface area contributed by atoms with Gasteiger partial charge in [0.15, 0.2) is 16.6 Å². The largest absolute Gasteiger partial charge is 0.445 e. The van der Waals surface area contributed by atoms with Crippen LogP contribution in [0.1, 0.15) is 53.5 Å². The van der Waals surface area contributed by atoms with Crippen molar-refractivity contribution in [1.29, 1.82) is 0 Å². The second-order valence-corrected chi connectivity index (χ2v) is 22.2. The molecule has 2 atom stereocenters. The van der Waals surface area contributed by atoms with Gasteiger partial charge in [0.25, 0.3) is 0 Å². The van der Waals surface area contributed by atoms with Crippen LogP contribution in [-0.2, 0) is 20.2 Å². The second-order valence-electron chi connectivity index (χ2n) is 12.6. The lowest BCUT2D eigenvalue weighted by molar-refractivity contribution is 0.0188. The van der Waals surface area contributed by atoms with E-state index in [0.717, 1.165) is 12.0 Å². The Labute approximate surface area is 204 Å². The van der Waals surface area contributed by atoms with Crippen LogP contribution in [-0.4, -0.2) is 53.4 Å².